The van der Waals surface area contributed by atoms with Crippen molar-refractivity contribution in [2.75, 3.05) is 38.3 Å². The Morgan fingerprint density at radius 2 is 1.86 bits per heavy atom. The van der Waals surface area contributed by atoms with E-state index in [1.54, 1.807) is 7.11 Å². The number of nitrogens with zero attached hydrogens (tertiary/aromatic N) is 3. The standard InChI is InChI=1S/C22H29N3O4/c1-4-6-16-10-23-15(2)24-22(16)25-11-20-21(12-25)28-14-19(13-27-20)29-18-8-5-7-17(9-18)26-3/h5,7-10,19-21H,4,6,11-14H2,1-3H3/t20-,21-/m0/s1. The minimum absolute atomic E-state index is 0.0126. The third-order valence-electron chi connectivity index (χ3n) is 5.33. The van der Waals surface area contributed by atoms with Gasteiger partial charge in [-0.1, -0.05) is 19.4 Å². The van der Waals surface area contributed by atoms with Gasteiger partial charge in [-0.15, -0.1) is 0 Å². The van der Waals surface area contributed by atoms with E-state index in [2.05, 4.69) is 16.8 Å². The molecule has 7 heteroatoms. The van der Waals surface area contributed by atoms with E-state index in [0.29, 0.717) is 13.2 Å². The molecule has 0 amide bonds. The van der Waals surface area contributed by atoms with Crippen LogP contribution in [0.3, 0.4) is 0 Å². The Morgan fingerprint density at radius 1 is 1.14 bits per heavy atom. The third kappa shape index (κ3) is 4.62. The predicted octanol–water partition coefficient (Wildman–Crippen LogP) is 2.80. The second-order valence-electron chi connectivity index (χ2n) is 7.58. The number of hydrogen-bond acceptors (Lipinski definition) is 7. The van der Waals surface area contributed by atoms with Gasteiger partial charge in [0.25, 0.3) is 0 Å². The largest absolute Gasteiger partial charge is 0.497 e. The van der Waals surface area contributed by atoms with Gasteiger partial charge in [0.15, 0.2) is 0 Å². The zero-order valence-corrected chi connectivity index (χ0v) is 17.3. The lowest BCUT2D eigenvalue weighted by Gasteiger charge is -2.22. The molecule has 0 saturated carbocycles. The molecule has 0 spiro atoms. The van der Waals surface area contributed by atoms with E-state index in [1.165, 1.54) is 5.56 Å². The van der Waals surface area contributed by atoms with Crippen molar-refractivity contribution in [1.29, 1.82) is 0 Å². The summed E-state index contributed by atoms with van der Waals surface area (Å²) in [5, 5.41) is 0. The second kappa shape index (κ2) is 8.97. The third-order valence-corrected chi connectivity index (χ3v) is 5.33. The van der Waals surface area contributed by atoms with E-state index in [4.69, 9.17) is 23.9 Å². The second-order valence-corrected chi connectivity index (χ2v) is 7.58. The first-order chi connectivity index (χ1) is 14.2. The lowest BCUT2D eigenvalue weighted by Crippen LogP contribution is -2.30. The maximum atomic E-state index is 6.18. The fraction of sp³-hybridized carbons (Fsp3) is 0.545. The Labute approximate surface area is 172 Å². The monoisotopic (exact) mass is 399 g/mol. The van der Waals surface area contributed by atoms with Crippen molar-refractivity contribution in [3.63, 3.8) is 0 Å². The van der Waals surface area contributed by atoms with Gasteiger partial charge < -0.3 is 23.8 Å². The fourth-order valence-corrected chi connectivity index (χ4v) is 3.88. The van der Waals surface area contributed by atoms with Crippen molar-refractivity contribution in [3.05, 3.63) is 41.9 Å². The van der Waals surface area contributed by atoms with Gasteiger partial charge in [0.1, 0.15) is 41.5 Å². The van der Waals surface area contributed by atoms with Crippen LogP contribution in [-0.2, 0) is 15.9 Å². The van der Waals surface area contributed by atoms with E-state index >= 15 is 0 Å². The molecular weight excluding hydrogens is 370 g/mol. The summed E-state index contributed by atoms with van der Waals surface area (Å²) < 4.78 is 23.7. The quantitative estimate of drug-likeness (QED) is 0.740. The molecule has 0 N–H and O–H groups in total. The molecule has 0 bridgehead atoms. The van der Waals surface area contributed by atoms with Gasteiger partial charge in [-0.2, -0.15) is 0 Å². The number of ether oxygens (including phenoxy) is 4. The molecule has 2 atom stereocenters. The van der Waals surface area contributed by atoms with E-state index in [1.807, 2.05) is 37.4 Å². The molecule has 2 aliphatic heterocycles. The van der Waals surface area contributed by atoms with Crippen LogP contribution in [0, 0.1) is 6.92 Å². The smallest absolute Gasteiger partial charge is 0.145 e. The van der Waals surface area contributed by atoms with Crippen molar-refractivity contribution in [2.24, 2.45) is 0 Å². The van der Waals surface area contributed by atoms with Crippen LogP contribution in [0.5, 0.6) is 11.5 Å². The van der Waals surface area contributed by atoms with Crippen LogP contribution in [-0.4, -0.2) is 61.7 Å². The Kier molecular flexibility index (Phi) is 6.16. The van der Waals surface area contributed by atoms with Crippen LogP contribution in [0.4, 0.5) is 5.82 Å². The van der Waals surface area contributed by atoms with Gasteiger partial charge in [0.2, 0.25) is 0 Å². The van der Waals surface area contributed by atoms with Gasteiger partial charge in [0, 0.05) is 30.9 Å². The molecule has 2 aliphatic rings. The first-order valence-corrected chi connectivity index (χ1v) is 10.3. The molecule has 0 aliphatic carbocycles. The van der Waals surface area contributed by atoms with Gasteiger partial charge >= 0.3 is 0 Å². The normalized spacial score (nSPS) is 22.2. The van der Waals surface area contributed by atoms with Crippen molar-refractivity contribution >= 4 is 5.82 Å². The Bertz CT molecular complexity index is 815. The number of rotatable bonds is 6. The summed E-state index contributed by atoms with van der Waals surface area (Å²) in [6.07, 6.45) is 3.88. The Balaban J connectivity index is 1.39. The Morgan fingerprint density at radius 3 is 2.55 bits per heavy atom. The lowest BCUT2D eigenvalue weighted by molar-refractivity contribution is -0.00461. The zero-order valence-electron chi connectivity index (χ0n) is 17.3. The minimum Gasteiger partial charge on any atom is -0.497 e. The minimum atomic E-state index is -0.141. The molecule has 2 fully saturated rings. The summed E-state index contributed by atoms with van der Waals surface area (Å²) in [5.74, 6) is 3.34. The van der Waals surface area contributed by atoms with Crippen LogP contribution < -0.4 is 14.4 Å². The van der Waals surface area contributed by atoms with E-state index < -0.39 is 0 Å². The number of aromatic nitrogens is 2. The highest BCUT2D eigenvalue weighted by Crippen LogP contribution is 2.28. The molecule has 156 valence electrons. The topological polar surface area (TPSA) is 65.9 Å². The van der Waals surface area contributed by atoms with Gasteiger partial charge in [-0.3, -0.25) is 0 Å². The molecule has 7 nitrogen and oxygen atoms in total. The maximum absolute atomic E-state index is 6.18. The molecule has 1 aromatic heterocycles. The van der Waals surface area contributed by atoms with Crippen molar-refractivity contribution < 1.29 is 18.9 Å². The average Bonchev–Trinajstić information content (AvgIpc) is 3.05. The highest BCUT2D eigenvalue weighted by molar-refractivity contribution is 5.48. The molecule has 29 heavy (non-hydrogen) atoms. The lowest BCUT2D eigenvalue weighted by atomic mass is 10.2. The van der Waals surface area contributed by atoms with Crippen molar-refractivity contribution in [3.8, 4) is 11.5 Å². The SMILES string of the molecule is CCCc1cnc(C)nc1N1C[C@@H]2OCC(Oc3cccc(OC)c3)CO[C@H]2C1. The predicted molar refractivity (Wildman–Crippen MR) is 110 cm³/mol. The average molecular weight is 399 g/mol. The summed E-state index contributed by atoms with van der Waals surface area (Å²) in [4.78, 5) is 11.4. The highest BCUT2D eigenvalue weighted by atomic mass is 16.6. The molecule has 1 aromatic carbocycles. The summed E-state index contributed by atoms with van der Waals surface area (Å²) in [7, 11) is 1.65. The molecule has 2 saturated heterocycles. The molecule has 2 aromatic rings. The zero-order chi connectivity index (χ0) is 20.2. The maximum Gasteiger partial charge on any atom is 0.145 e. The van der Waals surface area contributed by atoms with Gasteiger partial charge in [0.05, 0.1) is 20.3 Å². The molecule has 0 radical (unpaired) electrons. The van der Waals surface area contributed by atoms with Crippen LogP contribution in [0.15, 0.2) is 30.5 Å². The van der Waals surface area contributed by atoms with Crippen LogP contribution >= 0.6 is 0 Å². The number of methoxy groups -OCH3 is 1. The number of aryl methyl sites for hydroxylation is 2. The summed E-state index contributed by atoms with van der Waals surface area (Å²) in [5.41, 5.74) is 1.19. The van der Waals surface area contributed by atoms with Crippen molar-refractivity contribution in [2.45, 2.75) is 45.0 Å². The summed E-state index contributed by atoms with van der Waals surface area (Å²) in [6, 6.07) is 7.60. The van der Waals surface area contributed by atoms with Gasteiger partial charge in [-0.05, 0) is 25.5 Å². The molecular formula is C22H29N3O4. The van der Waals surface area contributed by atoms with Crippen LogP contribution in [0.2, 0.25) is 0 Å². The van der Waals surface area contributed by atoms with E-state index in [0.717, 1.165) is 49.1 Å². The number of fused-ring (bicyclic) bond motifs is 1. The summed E-state index contributed by atoms with van der Waals surface area (Å²) >= 11 is 0. The molecule has 4 rings (SSSR count). The van der Waals surface area contributed by atoms with Crippen LogP contribution in [0.1, 0.15) is 24.7 Å². The number of hydrogen-bond donors (Lipinski definition) is 0. The first kappa shape index (κ1) is 19.9. The van der Waals surface area contributed by atoms with Gasteiger partial charge in [-0.25, -0.2) is 9.97 Å². The van der Waals surface area contributed by atoms with E-state index in [9.17, 15) is 0 Å². The van der Waals surface area contributed by atoms with E-state index in [-0.39, 0.29) is 18.3 Å². The van der Waals surface area contributed by atoms with Crippen molar-refractivity contribution in [1.82, 2.24) is 9.97 Å². The highest BCUT2D eigenvalue weighted by Gasteiger charge is 2.39. The molecule has 3 heterocycles. The number of anilines is 1. The fourth-order valence-electron chi connectivity index (χ4n) is 3.88. The summed E-state index contributed by atoms with van der Waals surface area (Å²) in [6.45, 7) is 6.63. The number of benzene rings is 1. The molecule has 0 unspecified atom stereocenters. The Hall–Kier alpha value is -2.38. The first-order valence-electron chi connectivity index (χ1n) is 10.3. The van der Waals surface area contributed by atoms with Crippen LogP contribution in [0.25, 0.3) is 0 Å².